The van der Waals surface area contributed by atoms with Crippen LogP contribution in [0.4, 0.5) is 5.82 Å². The van der Waals surface area contributed by atoms with Crippen molar-refractivity contribution < 1.29 is 4.74 Å². The molecule has 1 aliphatic heterocycles. The van der Waals surface area contributed by atoms with Crippen LogP contribution >= 0.6 is 0 Å². The molecule has 22 heavy (non-hydrogen) atoms. The van der Waals surface area contributed by atoms with Gasteiger partial charge in [-0.1, -0.05) is 12.8 Å². The van der Waals surface area contributed by atoms with Crippen molar-refractivity contribution in [1.82, 2.24) is 14.7 Å². The van der Waals surface area contributed by atoms with Gasteiger partial charge in [-0.05, 0) is 50.2 Å². The lowest BCUT2D eigenvalue weighted by Crippen LogP contribution is -2.24. The second kappa shape index (κ2) is 6.83. The van der Waals surface area contributed by atoms with Gasteiger partial charge in [-0.3, -0.25) is 4.90 Å². The lowest BCUT2D eigenvalue weighted by atomic mass is 10.2. The summed E-state index contributed by atoms with van der Waals surface area (Å²) in [5, 5.41) is 4.45. The molecule has 0 unspecified atom stereocenters. The maximum Gasteiger partial charge on any atom is 0.131 e. The van der Waals surface area contributed by atoms with Gasteiger partial charge in [0.15, 0.2) is 0 Å². The highest BCUT2D eigenvalue weighted by Gasteiger charge is 2.14. The molecule has 2 N–H and O–H groups in total. The predicted octanol–water partition coefficient (Wildman–Crippen LogP) is 2.84. The van der Waals surface area contributed by atoms with Crippen LogP contribution in [0.25, 0.3) is 5.69 Å². The Bertz CT molecular complexity index is 598. The Kier molecular flexibility index (Phi) is 4.63. The Morgan fingerprint density at radius 2 is 1.77 bits per heavy atom. The van der Waals surface area contributed by atoms with Crippen LogP contribution in [0, 0.1) is 0 Å². The minimum Gasteiger partial charge on any atom is -0.497 e. The first-order chi connectivity index (χ1) is 10.8. The van der Waals surface area contributed by atoms with Gasteiger partial charge in [-0.25, -0.2) is 4.68 Å². The summed E-state index contributed by atoms with van der Waals surface area (Å²) in [4.78, 5) is 2.48. The van der Waals surface area contributed by atoms with Gasteiger partial charge in [0.05, 0.1) is 19.0 Å². The summed E-state index contributed by atoms with van der Waals surface area (Å²) in [6, 6.07) is 7.78. The van der Waals surface area contributed by atoms with Gasteiger partial charge < -0.3 is 10.5 Å². The molecule has 1 fully saturated rings. The molecule has 5 heteroatoms. The zero-order chi connectivity index (χ0) is 15.4. The lowest BCUT2D eigenvalue weighted by Gasteiger charge is -2.19. The highest BCUT2D eigenvalue weighted by Crippen LogP contribution is 2.22. The predicted molar refractivity (Wildman–Crippen MR) is 88.3 cm³/mol. The fraction of sp³-hybridized carbons (Fsp3) is 0.471. The Morgan fingerprint density at radius 1 is 1.09 bits per heavy atom. The number of rotatable bonds is 4. The Morgan fingerprint density at radius 3 is 2.41 bits per heavy atom. The Balaban J connectivity index is 1.75. The average Bonchev–Trinajstić information content (AvgIpc) is 2.76. The van der Waals surface area contributed by atoms with Crippen LogP contribution in [-0.2, 0) is 6.54 Å². The van der Waals surface area contributed by atoms with Crippen molar-refractivity contribution in [3.8, 4) is 11.4 Å². The van der Waals surface area contributed by atoms with Gasteiger partial charge >= 0.3 is 0 Å². The van der Waals surface area contributed by atoms with Gasteiger partial charge in [0.1, 0.15) is 11.6 Å². The van der Waals surface area contributed by atoms with Gasteiger partial charge in [-0.15, -0.1) is 0 Å². The van der Waals surface area contributed by atoms with Gasteiger partial charge in [0.2, 0.25) is 0 Å². The summed E-state index contributed by atoms with van der Waals surface area (Å²) in [5.41, 5.74) is 8.37. The number of anilines is 1. The van der Waals surface area contributed by atoms with Gasteiger partial charge in [0.25, 0.3) is 0 Å². The SMILES string of the molecule is COc1ccc(-n2ncc(CN3CCCCCC3)c2N)cc1. The van der Waals surface area contributed by atoms with E-state index in [4.69, 9.17) is 10.5 Å². The van der Waals surface area contributed by atoms with E-state index in [0.717, 1.165) is 42.5 Å². The third-order valence-corrected chi connectivity index (χ3v) is 4.30. The molecule has 0 bridgehead atoms. The topological polar surface area (TPSA) is 56.3 Å². The Hall–Kier alpha value is -2.01. The maximum absolute atomic E-state index is 6.30. The zero-order valence-corrected chi connectivity index (χ0v) is 13.2. The van der Waals surface area contributed by atoms with Crippen LogP contribution in [0.5, 0.6) is 5.75 Å². The molecule has 0 spiro atoms. The van der Waals surface area contributed by atoms with E-state index in [9.17, 15) is 0 Å². The first-order valence-electron chi connectivity index (χ1n) is 7.97. The third-order valence-electron chi connectivity index (χ3n) is 4.30. The number of aromatic nitrogens is 2. The fourth-order valence-electron chi connectivity index (χ4n) is 2.98. The maximum atomic E-state index is 6.30. The largest absolute Gasteiger partial charge is 0.497 e. The molecule has 118 valence electrons. The number of nitrogen functional groups attached to an aromatic ring is 1. The molecule has 0 atom stereocenters. The molecule has 1 aromatic heterocycles. The van der Waals surface area contributed by atoms with E-state index in [2.05, 4.69) is 10.00 Å². The summed E-state index contributed by atoms with van der Waals surface area (Å²) < 4.78 is 6.98. The van der Waals surface area contributed by atoms with E-state index in [-0.39, 0.29) is 0 Å². The van der Waals surface area contributed by atoms with Crippen LogP contribution in [0.2, 0.25) is 0 Å². The summed E-state index contributed by atoms with van der Waals surface area (Å²) in [6.45, 7) is 3.21. The first kappa shape index (κ1) is 14.9. The molecule has 3 rings (SSSR count). The third kappa shape index (κ3) is 3.25. The zero-order valence-electron chi connectivity index (χ0n) is 13.2. The fourth-order valence-corrected chi connectivity index (χ4v) is 2.98. The molecular weight excluding hydrogens is 276 g/mol. The number of ether oxygens (including phenoxy) is 1. The van der Waals surface area contributed by atoms with Crippen LogP contribution in [-0.4, -0.2) is 34.9 Å². The van der Waals surface area contributed by atoms with E-state index < -0.39 is 0 Å². The monoisotopic (exact) mass is 300 g/mol. The van der Waals surface area contributed by atoms with Gasteiger partial charge in [0, 0.05) is 12.1 Å². The van der Waals surface area contributed by atoms with Crippen LogP contribution in [0.1, 0.15) is 31.2 Å². The molecule has 1 aromatic carbocycles. The number of likely N-dealkylation sites (tertiary alicyclic amines) is 1. The van der Waals surface area contributed by atoms with E-state index in [1.54, 1.807) is 11.8 Å². The number of nitrogens with zero attached hydrogens (tertiary/aromatic N) is 3. The molecule has 2 aromatic rings. The molecule has 2 heterocycles. The van der Waals surface area contributed by atoms with Crippen molar-refractivity contribution in [2.24, 2.45) is 0 Å². The Labute approximate surface area is 131 Å². The van der Waals surface area contributed by atoms with Crippen molar-refractivity contribution in [1.29, 1.82) is 0 Å². The number of hydrogen-bond donors (Lipinski definition) is 1. The standard InChI is InChI=1S/C17H24N4O/c1-22-16-8-6-15(7-9-16)21-17(18)14(12-19-21)13-20-10-4-2-3-5-11-20/h6-9,12H,2-5,10-11,13,18H2,1H3. The van der Waals surface area contributed by atoms with Crippen molar-refractivity contribution >= 4 is 5.82 Å². The van der Waals surface area contributed by atoms with E-state index in [1.807, 2.05) is 30.5 Å². The second-order valence-corrected chi connectivity index (χ2v) is 5.86. The van der Waals surface area contributed by atoms with Crippen LogP contribution in [0.3, 0.4) is 0 Å². The second-order valence-electron chi connectivity index (χ2n) is 5.86. The summed E-state index contributed by atoms with van der Waals surface area (Å²) >= 11 is 0. The van der Waals surface area contributed by atoms with Crippen LogP contribution < -0.4 is 10.5 Å². The molecule has 0 aliphatic carbocycles. The minimum absolute atomic E-state index is 0.731. The minimum atomic E-state index is 0.731. The quantitative estimate of drug-likeness (QED) is 0.943. The molecule has 1 saturated heterocycles. The van der Waals surface area contributed by atoms with E-state index >= 15 is 0 Å². The molecule has 0 saturated carbocycles. The first-order valence-corrected chi connectivity index (χ1v) is 7.97. The number of benzene rings is 1. The molecule has 5 nitrogen and oxygen atoms in total. The number of nitrogens with two attached hydrogens (primary N) is 1. The molecular formula is C17H24N4O. The summed E-state index contributed by atoms with van der Waals surface area (Å²) in [7, 11) is 1.66. The molecule has 1 aliphatic rings. The van der Waals surface area contributed by atoms with Crippen molar-refractivity contribution in [3.63, 3.8) is 0 Å². The summed E-state index contributed by atoms with van der Waals surface area (Å²) in [5.74, 6) is 1.56. The van der Waals surface area contributed by atoms with Crippen molar-refractivity contribution in [3.05, 3.63) is 36.0 Å². The van der Waals surface area contributed by atoms with Crippen molar-refractivity contribution in [2.75, 3.05) is 25.9 Å². The number of hydrogen-bond acceptors (Lipinski definition) is 4. The van der Waals surface area contributed by atoms with E-state index in [1.165, 1.54) is 25.7 Å². The normalized spacial score (nSPS) is 16.4. The van der Waals surface area contributed by atoms with Gasteiger partial charge in [-0.2, -0.15) is 5.10 Å². The average molecular weight is 300 g/mol. The van der Waals surface area contributed by atoms with E-state index in [0.29, 0.717) is 0 Å². The highest BCUT2D eigenvalue weighted by atomic mass is 16.5. The smallest absolute Gasteiger partial charge is 0.131 e. The lowest BCUT2D eigenvalue weighted by molar-refractivity contribution is 0.277. The molecule has 0 radical (unpaired) electrons. The molecule has 0 amide bonds. The van der Waals surface area contributed by atoms with Crippen LogP contribution in [0.15, 0.2) is 30.5 Å². The van der Waals surface area contributed by atoms with Crippen molar-refractivity contribution in [2.45, 2.75) is 32.2 Å². The number of methoxy groups -OCH3 is 1. The summed E-state index contributed by atoms with van der Waals surface area (Å²) in [6.07, 6.45) is 7.15. The highest BCUT2D eigenvalue weighted by molar-refractivity contribution is 5.48.